The summed E-state index contributed by atoms with van der Waals surface area (Å²) >= 11 is 0. The van der Waals surface area contributed by atoms with E-state index in [9.17, 15) is 4.79 Å². The molecular formula is C22H25N3O2. The van der Waals surface area contributed by atoms with E-state index in [4.69, 9.17) is 5.21 Å². The Bertz CT molecular complexity index is 929. The summed E-state index contributed by atoms with van der Waals surface area (Å²) in [6.45, 7) is 4.49. The smallest absolute Gasteiger partial charge is 0.267 e. The molecular weight excluding hydrogens is 338 g/mol. The Morgan fingerprint density at radius 1 is 1.19 bits per heavy atom. The van der Waals surface area contributed by atoms with E-state index < -0.39 is 5.91 Å². The zero-order valence-corrected chi connectivity index (χ0v) is 15.7. The normalized spacial score (nSPS) is 12.7. The van der Waals surface area contributed by atoms with Gasteiger partial charge in [-0.1, -0.05) is 50.2 Å². The third-order valence-corrected chi connectivity index (χ3v) is 4.67. The summed E-state index contributed by atoms with van der Waals surface area (Å²) in [5.74, 6) is 0.0823. The first-order valence-corrected chi connectivity index (χ1v) is 9.22. The van der Waals surface area contributed by atoms with Crippen LogP contribution < -0.4 is 5.48 Å². The van der Waals surface area contributed by atoms with Crippen LogP contribution in [0.4, 0.5) is 0 Å². The largest absolute Gasteiger partial charge is 0.323 e. The van der Waals surface area contributed by atoms with Gasteiger partial charge in [-0.3, -0.25) is 10.0 Å². The van der Waals surface area contributed by atoms with Crippen molar-refractivity contribution >= 4 is 23.0 Å². The fraction of sp³-hybridized carbons (Fsp3) is 0.273. The van der Waals surface area contributed by atoms with Gasteiger partial charge < -0.3 is 4.57 Å². The molecule has 0 spiro atoms. The van der Waals surface area contributed by atoms with Crippen molar-refractivity contribution in [2.45, 2.75) is 32.7 Å². The number of carbonyl (C=O) groups excluding carboxylic acids is 1. The van der Waals surface area contributed by atoms with Crippen molar-refractivity contribution in [3.8, 4) is 0 Å². The summed E-state index contributed by atoms with van der Waals surface area (Å²) in [4.78, 5) is 15.7. The second-order valence-electron chi connectivity index (χ2n) is 7.11. The highest BCUT2D eigenvalue weighted by Crippen LogP contribution is 2.29. The van der Waals surface area contributed by atoms with E-state index in [1.807, 2.05) is 30.6 Å². The summed E-state index contributed by atoms with van der Waals surface area (Å²) in [6.07, 6.45) is 7.02. The fourth-order valence-corrected chi connectivity index (χ4v) is 3.24. The van der Waals surface area contributed by atoms with Crippen molar-refractivity contribution in [1.29, 1.82) is 0 Å². The van der Waals surface area contributed by atoms with Gasteiger partial charge in [0.2, 0.25) is 0 Å². The number of rotatable bonds is 7. The second kappa shape index (κ2) is 8.64. The molecule has 27 heavy (non-hydrogen) atoms. The minimum absolute atomic E-state index is 0.236. The number of carbonyl (C=O) groups is 1. The standard InChI is InChI=1S/C22H25N3O2/c1-16(2)8-11-20(18-6-4-3-5-7-18)25-15-23-19-14-17(9-12-21(19)25)10-13-22(26)24-27/h3-7,9-10,12-16,20,27H,8,11H2,1-2H3,(H,24,26). The van der Waals surface area contributed by atoms with Gasteiger partial charge in [0, 0.05) is 6.08 Å². The van der Waals surface area contributed by atoms with Gasteiger partial charge in [-0.25, -0.2) is 10.5 Å². The van der Waals surface area contributed by atoms with Crippen molar-refractivity contribution in [1.82, 2.24) is 15.0 Å². The van der Waals surface area contributed by atoms with Crippen LogP contribution in [0.3, 0.4) is 0 Å². The third-order valence-electron chi connectivity index (χ3n) is 4.67. The average molecular weight is 363 g/mol. The minimum atomic E-state index is -0.557. The quantitative estimate of drug-likeness (QED) is 0.367. The van der Waals surface area contributed by atoms with E-state index in [2.05, 4.69) is 47.7 Å². The molecule has 0 saturated heterocycles. The summed E-state index contributed by atoms with van der Waals surface area (Å²) in [6, 6.07) is 16.7. The number of nitrogens with one attached hydrogen (secondary N) is 1. The van der Waals surface area contributed by atoms with Crippen molar-refractivity contribution in [3.63, 3.8) is 0 Å². The molecule has 1 amide bonds. The highest BCUT2D eigenvalue weighted by atomic mass is 16.5. The highest BCUT2D eigenvalue weighted by Gasteiger charge is 2.17. The molecule has 0 aliphatic carbocycles. The molecule has 1 aromatic heterocycles. The first kappa shape index (κ1) is 18.9. The molecule has 0 aliphatic rings. The van der Waals surface area contributed by atoms with Gasteiger partial charge in [-0.2, -0.15) is 0 Å². The molecule has 140 valence electrons. The number of imidazole rings is 1. The van der Waals surface area contributed by atoms with Crippen LogP contribution in [0.5, 0.6) is 0 Å². The minimum Gasteiger partial charge on any atom is -0.323 e. The molecule has 5 nitrogen and oxygen atoms in total. The lowest BCUT2D eigenvalue weighted by Crippen LogP contribution is -2.14. The highest BCUT2D eigenvalue weighted by molar-refractivity contribution is 5.91. The van der Waals surface area contributed by atoms with Crippen molar-refractivity contribution in [2.24, 2.45) is 5.92 Å². The first-order chi connectivity index (χ1) is 13.1. The van der Waals surface area contributed by atoms with Crippen LogP contribution in [0.2, 0.25) is 0 Å². The Hall–Kier alpha value is -2.92. The summed E-state index contributed by atoms with van der Waals surface area (Å²) in [7, 11) is 0. The number of benzene rings is 2. The molecule has 5 heteroatoms. The fourth-order valence-electron chi connectivity index (χ4n) is 3.24. The molecule has 3 rings (SSSR count). The van der Waals surface area contributed by atoms with Crippen LogP contribution >= 0.6 is 0 Å². The van der Waals surface area contributed by atoms with E-state index in [0.29, 0.717) is 5.92 Å². The van der Waals surface area contributed by atoms with Gasteiger partial charge in [0.05, 0.1) is 23.4 Å². The van der Waals surface area contributed by atoms with Crippen LogP contribution in [-0.2, 0) is 4.79 Å². The number of fused-ring (bicyclic) bond motifs is 1. The predicted octanol–water partition coefficient (Wildman–Crippen LogP) is 4.58. The van der Waals surface area contributed by atoms with Crippen LogP contribution in [0.1, 0.15) is 43.9 Å². The second-order valence-corrected chi connectivity index (χ2v) is 7.11. The van der Waals surface area contributed by atoms with Gasteiger partial charge in [0.15, 0.2) is 0 Å². The molecule has 0 radical (unpaired) electrons. The molecule has 2 N–H and O–H groups in total. The lowest BCUT2D eigenvalue weighted by atomic mass is 9.97. The molecule has 2 aromatic carbocycles. The van der Waals surface area contributed by atoms with Gasteiger partial charge in [-0.15, -0.1) is 0 Å². The molecule has 1 heterocycles. The van der Waals surface area contributed by atoms with Crippen molar-refractivity contribution < 1.29 is 10.0 Å². The van der Waals surface area contributed by atoms with Gasteiger partial charge in [0.1, 0.15) is 0 Å². The van der Waals surface area contributed by atoms with E-state index in [1.165, 1.54) is 11.6 Å². The molecule has 0 fully saturated rings. The SMILES string of the molecule is CC(C)CCC(c1ccccc1)n1cnc2cc(C=CC(=O)NO)ccc21. The van der Waals surface area contributed by atoms with Crippen molar-refractivity contribution in [3.05, 3.63) is 72.1 Å². The summed E-state index contributed by atoms with van der Waals surface area (Å²) in [5.41, 5.74) is 5.67. The Labute approximate surface area is 159 Å². The maximum absolute atomic E-state index is 11.2. The summed E-state index contributed by atoms with van der Waals surface area (Å²) < 4.78 is 2.24. The molecule has 3 aromatic rings. The molecule has 0 bridgehead atoms. The van der Waals surface area contributed by atoms with Gasteiger partial charge in [-0.05, 0) is 48.1 Å². The van der Waals surface area contributed by atoms with Crippen LogP contribution in [0, 0.1) is 5.92 Å². The Morgan fingerprint density at radius 3 is 2.67 bits per heavy atom. The van der Waals surface area contributed by atoms with E-state index in [-0.39, 0.29) is 6.04 Å². The van der Waals surface area contributed by atoms with Gasteiger partial charge in [0.25, 0.3) is 5.91 Å². The number of hydroxylamine groups is 1. The number of aromatic nitrogens is 2. The van der Waals surface area contributed by atoms with Crippen LogP contribution in [0.25, 0.3) is 17.1 Å². The van der Waals surface area contributed by atoms with Crippen molar-refractivity contribution in [2.75, 3.05) is 0 Å². The lowest BCUT2D eigenvalue weighted by molar-refractivity contribution is -0.124. The zero-order chi connectivity index (χ0) is 19.2. The maximum atomic E-state index is 11.2. The zero-order valence-electron chi connectivity index (χ0n) is 15.7. The molecule has 1 unspecified atom stereocenters. The lowest BCUT2D eigenvalue weighted by Gasteiger charge is -2.21. The Kier molecular flexibility index (Phi) is 6.04. The van der Waals surface area contributed by atoms with E-state index in [0.717, 1.165) is 29.4 Å². The van der Waals surface area contributed by atoms with E-state index >= 15 is 0 Å². The topological polar surface area (TPSA) is 67.2 Å². The van der Waals surface area contributed by atoms with Crippen LogP contribution in [0.15, 0.2) is 60.9 Å². The first-order valence-electron chi connectivity index (χ1n) is 9.22. The number of hydrogen-bond acceptors (Lipinski definition) is 3. The molecule has 0 saturated carbocycles. The monoisotopic (exact) mass is 363 g/mol. The summed E-state index contributed by atoms with van der Waals surface area (Å²) in [5, 5.41) is 8.58. The number of nitrogens with zero attached hydrogens (tertiary/aromatic N) is 2. The Balaban J connectivity index is 1.95. The predicted molar refractivity (Wildman–Crippen MR) is 107 cm³/mol. The number of amides is 1. The molecule has 1 atom stereocenters. The third kappa shape index (κ3) is 4.63. The van der Waals surface area contributed by atoms with Crippen LogP contribution in [-0.4, -0.2) is 20.7 Å². The Morgan fingerprint density at radius 2 is 1.96 bits per heavy atom. The molecule has 0 aliphatic heterocycles. The number of hydrogen-bond donors (Lipinski definition) is 2. The van der Waals surface area contributed by atoms with Gasteiger partial charge >= 0.3 is 0 Å². The average Bonchev–Trinajstić information content (AvgIpc) is 3.10. The van der Waals surface area contributed by atoms with E-state index in [1.54, 1.807) is 11.6 Å². The maximum Gasteiger partial charge on any atom is 0.267 e.